The van der Waals surface area contributed by atoms with Gasteiger partial charge < -0.3 is 5.32 Å². The van der Waals surface area contributed by atoms with Crippen LogP contribution < -0.4 is 5.32 Å². The number of nitrogens with one attached hydrogen (secondary N) is 1. The first-order valence-corrected chi connectivity index (χ1v) is 7.07. The molecule has 1 N–H and O–H groups in total. The molecule has 3 rings (SSSR count). The van der Waals surface area contributed by atoms with Crippen molar-refractivity contribution in [3.63, 3.8) is 0 Å². The average molecular weight is 283 g/mol. The Hall–Kier alpha value is -2.40. The standard InChI is InChI=1S/C15H13N3OS/c1-11-4-2-3-5-13(11)17-14(19)7-6-12-10-16-15-18(12)8-9-20-15/h2-10H,1H3,(H,17,19)/b7-6+. The third-order valence-corrected chi connectivity index (χ3v) is 3.75. The second-order valence-electron chi connectivity index (χ2n) is 4.38. The van der Waals surface area contributed by atoms with Gasteiger partial charge >= 0.3 is 0 Å². The number of hydrogen-bond acceptors (Lipinski definition) is 3. The molecule has 4 nitrogen and oxygen atoms in total. The fourth-order valence-corrected chi connectivity index (χ4v) is 2.62. The minimum absolute atomic E-state index is 0.149. The van der Waals surface area contributed by atoms with E-state index < -0.39 is 0 Å². The van der Waals surface area contributed by atoms with Gasteiger partial charge in [-0.2, -0.15) is 0 Å². The van der Waals surface area contributed by atoms with Gasteiger partial charge in [0.05, 0.1) is 11.9 Å². The van der Waals surface area contributed by atoms with E-state index in [2.05, 4.69) is 10.3 Å². The highest BCUT2D eigenvalue weighted by Crippen LogP contribution is 2.15. The molecular weight excluding hydrogens is 270 g/mol. The normalized spacial score (nSPS) is 11.2. The molecule has 3 aromatic rings. The molecule has 2 aromatic heterocycles. The molecule has 0 unspecified atom stereocenters. The highest BCUT2D eigenvalue weighted by molar-refractivity contribution is 7.15. The van der Waals surface area contributed by atoms with Crippen LogP contribution in [0.3, 0.4) is 0 Å². The number of imidazole rings is 1. The highest BCUT2D eigenvalue weighted by Gasteiger charge is 2.03. The number of para-hydroxylation sites is 1. The summed E-state index contributed by atoms with van der Waals surface area (Å²) in [5.41, 5.74) is 2.76. The average Bonchev–Trinajstić information content (AvgIpc) is 3.02. The number of fused-ring (bicyclic) bond motifs is 1. The number of carbonyl (C=O) groups is 1. The molecule has 0 aliphatic heterocycles. The Morgan fingerprint density at radius 1 is 1.40 bits per heavy atom. The van der Waals surface area contributed by atoms with E-state index in [0.717, 1.165) is 21.9 Å². The van der Waals surface area contributed by atoms with Crippen LogP contribution in [0.25, 0.3) is 11.0 Å². The summed E-state index contributed by atoms with van der Waals surface area (Å²) in [5.74, 6) is -0.149. The van der Waals surface area contributed by atoms with E-state index in [-0.39, 0.29) is 5.91 Å². The van der Waals surface area contributed by atoms with Crippen LogP contribution in [0.2, 0.25) is 0 Å². The predicted octanol–water partition coefficient (Wildman–Crippen LogP) is 3.36. The summed E-state index contributed by atoms with van der Waals surface area (Å²) >= 11 is 1.56. The second-order valence-corrected chi connectivity index (χ2v) is 5.25. The topological polar surface area (TPSA) is 46.4 Å². The van der Waals surface area contributed by atoms with Gasteiger partial charge in [0.1, 0.15) is 0 Å². The van der Waals surface area contributed by atoms with Gasteiger partial charge in [-0.05, 0) is 24.6 Å². The monoisotopic (exact) mass is 283 g/mol. The van der Waals surface area contributed by atoms with E-state index in [1.807, 2.05) is 47.2 Å². The fraction of sp³-hybridized carbons (Fsp3) is 0.0667. The molecule has 0 atom stereocenters. The lowest BCUT2D eigenvalue weighted by Gasteiger charge is -2.04. The molecule has 0 radical (unpaired) electrons. The zero-order valence-corrected chi connectivity index (χ0v) is 11.7. The Morgan fingerprint density at radius 3 is 3.10 bits per heavy atom. The summed E-state index contributed by atoms with van der Waals surface area (Å²) < 4.78 is 1.95. The number of benzene rings is 1. The first-order chi connectivity index (χ1) is 9.74. The summed E-state index contributed by atoms with van der Waals surface area (Å²) in [5, 5.41) is 4.83. The van der Waals surface area contributed by atoms with E-state index in [9.17, 15) is 4.79 Å². The van der Waals surface area contributed by atoms with Gasteiger partial charge in [-0.3, -0.25) is 9.20 Å². The first kappa shape index (κ1) is 12.6. The van der Waals surface area contributed by atoms with Crippen molar-refractivity contribution in [2.24, 2.45) is 0 Å². The fourth-order valence-electron chi connectivity index (χ4n) is 1.92. The SMILES string of the molecule is Cc1ccccc1NC(=O)/C=C/c1cnc2sccn12. The Kier molecular flexibility index (Phi) is 3.35. The molecule has 2 heterocycles. The van der Waals surface area contributed by atoms with Crippen LogP contribution in [0.5, 0.6) is 0 Å². The molecular formula is C15H13N3OS. The maximum Gasteiger partial charge on any atom is 0.248 e. The van der Waals surface area contributed by atoms with Crippen molar-refractivity contribution in [1.82, 2.24) is 9.38 Å². The molecule has 0 fully saturated rings. The molecule has 0 saturated carbocycles. The number of amides is 1. The van der Waals surface area contributed by atoms with Crippen LogP contribution in [-0.2, 0) is 4.79 Å². The molecule has 5 heteroatoms. The quantitative estimate of drug-likeness (QED) is 0.749. The maximum absolute atomic E-state index is 11.9. The summed E-state index contributed by atoms with van der Waals surface area (Å²) in [7, 11) is 0. The van der Waals surface area contributed by atoms with Crippen LogP contribution in [0.4, 0.5) is 5.69 Å². The number of anilines is 1. The van der Waals surface area contributed by atoms with Crippen molar-refractivity contribution >= 4 is 34.0 Å². The Balaban J connectivity index is 1.75. The number of hydrogen-bond donors (Lipinski definition) is 1. The molecule has 0 saturated heterocycles. The van der Waals surface area contributed by atoms with E-state index in [4.69, 9.17) is 0 Å². The van der Waals surface area contributed by atoms with Crippen molar-refractivity contribution < 1.29 is 4.79 Å². The second kappa shape index (κ2) is 5.30. The third-order valence-electron chi connectivity index (χ3n) is 2.98. The van der Waals surface area contributed by atoms with Crippen molar-refractivity contribution in [2.45, 2.75) is 6.92 Å². The zero-order chi connectivity index (χ0) is 13.9. The first-order valence-electron chi connectivity index (χ1n) is 6.19. The Bertz CT molecular complexity index is 785. The number of aryl methyl sites for hydroxylation is 1. The van der Waals surface area contributed by atoms with Gasteiger partial charge in [0.25, 0.3) is 0 Å². The molecule has 1 aromatic carbocycles. The largest absolute Gasteiger partial charge is 0.322 e. The van der Waals surface area contributed by atoms with Crippen molar-refractivity contribution in [3.05, 3.63) is 59.4 Å². The van der Waals surface area contributed by atoms with E-state index >= 15 is 0 Å². The zero-order valence-electron chi connectivity index (χ0n) is 10.9. The summed E-state index contributed by atoms with van der Waals surface area (Å²) in [6.07, 6.45) is 6.98. The number of nitrogens with zero attached hydrogens (tertiary/aromatic N) is 2. The van der Waals surface area contributed by atoms with Crippen LogP contribution in [0.1, 0.15) is 11.3 Å². The highest BCUT2D eigenvalue weighted by atomic mass is 32.1. The lowest BCUT2D eigenvalue weighted by atomic mass is 10.2. The van der Waals surface area contributed by atoms with Crippen molar-refractivity contribution in [3.8, 4) is 0 Å². The lowest BCUT2D eigenvalue weighted by molar-refractivity contribution is -0.111. The summed E-state index contributed by atoms with van der Waals surface area (Å²) in [4.78, 5) is 17.1. The van der Waals surface area contributed by atoms with Gasteiger partial charge in [0.2, 0.25) is 5.91 Å². The summed E-state index contributed by atoms with van der Waals surface area (Å²) in [6, 6.07) is 7.70. The molecule has 0 spiro atoms. The molecule has 0 aliphatic carbocycles. The maximum atomic E-state index is 11.9. The number of carbonyl (C=O) groups excluding carboxylic acids is 1. The minimum Gasteiger partial charge on any atom is -0.322 e. The molecule has 20 heavy (non-hydrogen) atoms. The van der Waals surface area contributed by atoms with Crippen LogP contribution in [0.15, 0.2) is 48.1 Å². The molecule has 1 amide bonds. The van der Waals surface area contributed by atoms with Gasteiger partial charge in [0.15, 0.2) is 4.96 Å². The van der Waals surface area contributed by atoms with Crippen LogP contribution in [0, 0.1) is 6.92 Å². The molecule has 0 bridgehead atoms. The molecule has 100 valence electrons. The molecule has 0 aliphatic rings. The van der Waals surface area contributed by atoms with E-state index in [0.29, 0.717) is 0 Å². The Labute approximate surface area is 120 Å². The number of rotatable bonds is 3. The van der Waals surface area contributed by atoms with E-state index in [1.54, 1.807) is 23.6 Å². The third kappa shape index (κ3) is 2.48. The van der Waals surface area contributed by atoms with Crippen molar-refractivity contribution in [1.29, 1.82) is 0 Å². The van der Waals surface area contributed by atoms with E-state index in [1.165, 1.54) is 6.08 Å². The van der Waals surface area contributed by atoms with Gasteiger partial charge in [0, 0.05) is 23.3 Å². The smallest absolute Gasteiger partial charge is 0.248 e. The predicted molar refractivity (Wildman–Crippen MR) is 81.9 cm³/mol. The minimum atomic E-state index is -0.149. The number of aromatic nitrogens is 2. The van der Waals surface area contributed by atoms with Gasteiger partial charge in [-0.15, -0.1) is 11.3 Å². The van der Waals surface area contributed by atoms with Crippen molar-refractivity contribution in [2.75, 3.05) is 5.32 Å². The van der Waals surface area contributed by atoms with Gasteiger partial charge in [-0.25, -0.2) is 4.98 Å². The Morgan fingerprint density at radius 2 is 2.25 bits per heavy atom. The van der Waals surface area contributed by atoms with Crippen LogP contribution >= 0.6 is 11.3 Å². The van der Waals surface area contributed by atoms with Gasteiger partial charge in [-0.1, -0.05) is 18.2 Å². The summed E-state index contributed by atoms with van der Waals surface area (Å²) in [6.45, 7) is 1.96. The number of thiazole rings is 1. The lowest BCUT2D eigenvalue weighted by Crippen LogP contribution is -2.08. The van der Waals surface area contributed by atoms with Crippen LogP contribution in [-0.4, -0.2) is 15.3 Å².